The molecule has 2 aliphatic heterocycles. The molecule has 0 aromatic rings. The molecule has 0 amide bonds. The molecule has 0 bridgehead atoms. The van der Waals surface area contributed by atoms with Gasteiger partial charge >= 0.3 is 5.97 Å². The Balaban J connectivity index is 1.65. The van der Waals surface area contributed by atoms with Crippen molar-refractivity contribution in [2.75, 3.05) is 26.4 Å². The average molecular weight is 272 g/mol. The molecule has 0 radical (unpaired) electrons. The lowest BCUT2D eigenvalue weighted by Crippen LogP contribution is -2.34. The maximum absolute atomic E-state index is 11.1. The zero-order valence-corrected chi connectivity index (χ0v) is 11.0. The smallest absolute Gasteiger partial charge is 0.333 e. The highest BCUT2D eigenvalue weighted by molar-refractivity contribution is 5.86. The van der Waals surface area contributed by atoms with Gasteiger partial charge in [0.05, 0.1) is 19.3 Å². The Morgan fingerprint density at radius 1 is 1.47 bits per heavy atom. The minimum Gasteiger partial charge on any atom is -0.460 e. The summed E-state index contributed by atoms with van der Waals surface area (Å²) in [5.41, 5.74) is 0.305. The highest BCUT2D eigenvalue weighted by Crippen LogP contribution is 2.28. The topological polar surface area (TPSA) is 74.2 Å². The zero-order chi connectivity index (χ0) is 13.8. The normalized spacial score (nSPS) is 30.9. The van der Waals surface area contributed by atoms with Crippen LogP contribution in [0, 0.1) is 0 Å². The molecule has 4 atom stereocenters. The van der Waals surface area contributed by atoms with Crippen LogP contribution in [-0.2, 0) is 23.7 Å². The number of aliphatic hydroxyl groups is 1. The van der Waals surface area contributed by atoms with Crippen molar-refractivity contribution in [2.24, 2.45) is 0 Å². The SMILES string of the molecule is C=C(C)C(=O)OCC(O)COC1COC2CCOC21. The molecule has 2 aliphatic rings. The molecule has 2 heterocycles. The lowest BCUT2D eigenvalue weighted by molar-refractivity contribution is -0.144. The molecule has 0 aliphatic carbocycles. The predicted octanol–water partition coefficient (Wildman–Crippen LogP) is 0.0395. The van der Waals surface area contributed by atoms with E-state index in [1.807, 2.05) is 0 Å². The van der Waals surface area contributed by atoms with E-state index in [0.29, 0.717) is 18.8 Å². The Labute approximate surface area is 112 Å². The summed E-state index contributed by atoms with van der Waals surface area (Å²) in [5.74, 6) is -0.512. The number of ether oxygens (including phenoxy) is 4. The van der Waals surface area contributed by atoms with E-state index < -0.39 is 12.1 Å². The second-order valence-electron chi connectivity index (χ2n) is 4.90. The summed E-state index contributed by atoms with van der Waals surface area (Å²) in [5, 5.41) is 9.67. The van der Waals surface area contributed by atoms with E-state index >= 15 is 0 Å². The zero-order valence-electron chi connectivity index (χ0n) is 11.0. The molecule has 19 heavy (non-hydrogen) atoms. The van der Waals surface area contributed by atoms with Crippen molar-refractivity contribution < 1.29 is 28.8 Å². The lowest BCUT2D eigenvalue weighted by atomic mass is 10.1. The first kappa shape index (κ1) is 14.5. The molecule has 0 saturated carbocycles. The van der Waals surface area contributed by atoms with Crippen LogP contribution in [-0.4, -0.2) is 61.9 Å². The summed E-state index contributed by atoms with van der Waals surface area (Å²) in [6.07, 6.45) is -0.0418. The summed E-state index contributed by atoms with van der Waals surface area (Å²) in [4.78, 5) is 11.1. The highest BCUT2D eigenvalue weighted by atomic mass is 16.6. The minimum absolute atomic E-state index is 0.0369. The van der Waals surface area contributed by atoms with E-state index in [2.05, 4.69) is 6.58 Å². The van der Waals surface area contributed by atoms with Crippen LogP contribution in [0.25, 0.3) is 0 Å². The Hall–Kier alpha value is -0.950. The van der Waals surface area contributed by atoms with Gasteiger partial charge in [-0.2, -0.15) is 0 Å². The van der Waals surface area contributed by atoms with Gasteiger partial charge in [0.2, 0.25) is 0 Å². The summed E-state index contributed by atoms with van der Waals surface area (Å²) in [6.45, 7) is 6.16. The van der Waals surface area contributed by atoms with Crippen molar-refractivity contribution in [3.8, 4) is 0 Å². The first-order chi connectivity index (χ1) is 9.08. The molecule has 0 spiro atoms. The van der Waals surface area contributed by atoms with E-state index in [1.54, 1.807) is 6.92 Å². The largest absolute Gasteiger partial charge is 0.460 e. The van der Waals surface area contributed by atoms with Crippen LogP contribution in [0.3, 0.4) is 0 Å². The number of fused-ring (bicyclic) bond motifs is 1. The number of hydrogen-bond donors (Lipinski definition) is 1. The maximum atomic E-state index is 11.1. The minimum atomic E-state index is -0.858. The third kappa shape index (κ3) is 3.76. The predicted molar refractivity (Wildman–Crippen MR) is 65.6 cm³/mol. The monoisotopic (exact) mass is 272 g/mol. The van der Waals surface area contributed by atoms with Crippen LogP contribution in [0.4, 0.5) is 0 Å². The molecule has 6 heteroatoms. The van der Waals surface area contributed by atoms with Crippen molar-refractivity contribution in [1.29, 1.82) is 0 Å². The van der Waals surface area contributed by atoms with Crippen molar-refractivity contribution in [3.63, 3.8) is 0 Å². The fourth-order valence-electron chi connectivity index (χ4n) is 2.15. The quantitative estimate of drug-likeness (QED) is 0.543. The maximum Gasteiger partial charge on any atom is 0.333 e. The lowest BCUT2D eigenvalue weighted by Gasteiger charge is -2.19. The first-order valence-corrected chi connectivity index (χ1v) is 6.43. The van der Waals surface area contributed by atoms with Gasteiger partial charge in [0.15, 0.2) is 0 Å². The second kappa shape index (κ2) is 6.47. The number of aliphatic hydroxyl groups excluding tert-OH is 1. The van der Waals surface area contributed by atoms with Crippen LogP contribution in [0.5, 0.6) is 0 Å². The van der Waals surface area contributed by atoms with Gasteiger partial charge in [0.25, 0.3) is 0 Å². The van der Waals surface area contributed by atoms with E-state index in [1.165, 1.54) is 0 Å². The van der Waals surface area contributed by atoms with E-state index in [9.17, 15) is 9.90 Å². The molecule has 2 fully saturated rings. The van der Waals surface area contributed by atoms with Crippen LogP contribution in [0.2, 0.25) is 0 Å². The van der Waals surface area contributed by atoms with Gasteiger partial charge in [0.1, 0.15) is 24.9 Å². The molecule has 6 nitrogen and oxygen atoms in total. The van der Waals surface area contributed by atoms with Crippen molar-refractivity contribution >= 4 is 5.97 Å². The number of carbonyl (C=O) groups is 1. The van der Waals surface area contributed by atoms with Gasteiger partial charge in [-0.25, -0.2) is 4.79 Å². The van der Waals surface area contributed by atoms with E-state index in [-0.39, 0.29) is 31.5 Å². The summed E-state index contributed by atoms with van der Waals surface area (Å²) >= 11 is 0. The molecule has 0 aromatic heterocycles. The Bertz CT molecular complexity index is 342. The van der Waals surface area contributed by atoms with Crippen LogP contribution >= 0.6 is 0 Å². The van der Waals surface area contributed by atoms with Gasteiger partial charge in [-0.05, 0) is 13.3 Å². The Kier molecular flexibility index (Phi) is 4.93. The summed E-state index contributed by atoms with van der Waals surface area (Å²) < 4.78 is 21.4. The summed E-state index contributed by atoms with van der Waals surface area (Å²) in [7, 11) is 0. The van der Waals surface area contributed by atoms with Gasteiger partial charge in [-0.1, -0.05) is 6.58 Å². The highest BCUT2D eigenvalue weighted by Gasteiger charge is 2.42. The molecule has 2 saturated heterocycles. The Morgan fingerprint density at radius 2 is 2.26 bits per heavy atom. The molecular formula is C13H20O6. The van der Waals surface area contributed by atoms with E-state index in [0.717, 1.165) is 6.42 Å². The molecule has 1 N–H and O–H groups in total. The second-order valence-corrected chi connectivity index (χ2v) is 4.90. The first-order valence-electron chi connectivity index (χ1n) is 6.43. The molecule has 0 aromatic carbocycles. The third-order valence-corrected chi connectivity index (χ3v) is 3.18. The number of rotatable bonds is 6. The van der Waals surface area contributed by atoms with Crippen LogP contribution < -0.4 is 0 Å². The third-order valence-electron chi connectivity index (χ3n) is 3.18. The number of carbonyl (C=O) groups excluding carboxylic acids is 1. The van der Waals surface area contributed by atoms with Crippen molar-refractivity contribution in [1.82, 2.24) is 0 Å². The van der Waals surface area contributed by atoms with Gasteiger partial charge in [-0.3, -0.25) is 0 Å². The van der Waals surface area contributed by atoms with Crippen LogP contribution in [0.1, 0.15) is 13.3 Å². The average Bonchev–Trinajstić information content (AvgIpc) is 2.96. The summed E-state index contributed by atoms with van der Waals surface area (Å²) in [6, 6.07) is 0. The molecule has 2 rings (SSSR count). The molecular weight excluding hydrogens is 252 g/mol. The molecule has 108 valence electrons. The van der Waals surface area contributed by atoms with Crippen molar-refractivity contribution in [3.05, 3.63) is 12.2 Å². The number of esters is 1. The van der Waals surface area contributed by atoms with E-state index in [4.69, 9.17) is 18.9 Å². The van der Waals surface area contributed by atoms with Gasteiger partial charge in [-0.15, -0.1) is 0 Å². The van der Waals surface area contributed by atoms with Crippen molar-refractivity contribution in [2.45, 2.75) is 37.8 Å². The van der Waals surface area contributed by atoms with Gasteiger partial charge < -0.3 is 24.1 Å². The van der Waals surface area contributed by atoms with Gasteiger partial charge in [0, 0.05) is 12.2 Å². The molecule has 4 unspecified atom stereocenters. The standard InChI is InChI=1S/C13H20O6/c1-8(2)13(15)19-6-9(14)5-17-11-7-18-10-3-4-16-12(10)11/h9-12,14H,1,3-7H2,2H3. The number of hydrogen-bond acceptors (Lipinski definition) is 6. The fraction of sp³-hybridized carbons (Fsp3) is 0.769. The fourth-order valence-corrected chi connectivity index (χ4v) is 2.15. The Morgan fingerprint density at radius 3 is 3.00 bits per heavy atom. The van der Waals surface area contributed by atoms with Crippen LogP contribution in [0.15, 0.2) is 12.2 Å².